The van der Waals surface area contributed by atoms with Gasteiger partial charge in [0.15, 0.2) is 6.17 Å². The van der Waals surface area contributed by atoms with Crippen molar-refractivity contribution in [1.29, 1.82) is 0 Å². The first-order valence-corrected chi connectivity index (χ1v) is 2.34. The maximum Gasteiger partial charge on any atom is 0.335 e. The molecule has 0 radical (unpaired) electrons. The van der Waals surface area contributed by atoms with E-state index in [4.69, 9.17) is 10.8 Å². The van der Waals surface area contributed by atoms with Crippen molar-refractivity contribution in [3.8, 4) is 0 Å². The first-order chi connectivity index (χ1) is 4.18. The average molecular weight is 132 g/mol. The standard InChI is InChI=1S/C4H8N2O3/c5-3(4(8)9)6-1-2-7/h2-3,6H,1,5H2,(H,8,9). The monoisotopic (exact) mass is 132 g/mol. The summed E-state index contributed by atoms with van der Waals surface area (Å²) in [6.07, 6.45) is -0.599. The van der Waals surface area contributed by atoms with E-state index in [0.29, 0.717) is 6.29 Å². The lowest BCUT2D eigenvalue weighted by Crippen LogP contribution is -2.44. The van der Waals surface area contributed by atoms with Crippen molar-refractivity contribution >= 4 is 12.3 Å². The largest absolute Gasteiger partial charge is 0.479 e. The highest BCUT2D eigenvalue weighted by Gasteiger charge is 2.07. The van der Waals surface area contributed by atoms with E-state index in [1.165, 1.54) is 0 Å². The number of carbonyl (C=O) groups is 2. The summed E-state index contributed by atoms with van der Waals surface area (Å²) in [5, 5.41) is 10.3. The Labute approximate surface area is 51.8 Å². The minimum Gasteiger partial charge on any atom is -0.479 e. The van der Waals surface area contributed by atoms with Crippen LogP contribution in [-0.4, -0.2) is 30.1 Å². The number of carboxylic acid groups (broad SMARTS) is 1. The Morgan fingerprint density at radius 1 is 1.89 bits per heavy atom. The van der Waals surface area contributed by atoms with Crippen LogP contribution in [0.1, 0.15) is 0 Å². The predicted octanol–water partition coefficient (Wildman–Crippen LogP) is -1.86. The molecule has 1 unspecified atom stereocenters. The molecular formula is C4H8N2O3. The van der Waals surface area contributed by atoms with Gasteiger partial charge in [-0.3, -0.25) is 5.32 Å². The number of hydrogen-bond acceptors (Lipinski definition) is 4. The quantitative estimate of drug-likeness (QED) is 0.308. The summed E-state index contributed by atoms with van der Waals surface area (Å²) in [5.74, 6) is -1.17. The highest BCUT2D eigenvalue weighted by atomic mass is 16.4. The third kappa shape index (κ3) is 3.63. The number of nitrogens with two attached hydrogens (primary N) is 1. The molecule has 0 heterocycles. The average Bonchev–Trinajstić information content (AvgIpc) is 1.82. The number of aliphatic carboxylic acids is 1. The highest BCUT2D eigenvalue weighted by molar-refractivity contribution is 5.73. The van der Waals surface area contributed by atoms with Crippen LogP contribution in [0.4, 0.5) is 0 Å². The van der Waals surface area contributed by atoms with Crippen LogP contribution in [0.2, 0.25) is 0 Å². The summed E-state index contributed by atoms with van der Waals surface area (Å²) in [5.41, 5.74) is 4.93. The molecular weight excluding hydrogens is 124 g/mol. The van der Waals surface area contributed by atoms with Gasteiger partial charge in [-0.25, -0.2) is 4.79 Å². The second kappa shape index (κ2) is 3.99. The van der Waals surface area contributed by atoms with Gasteiger partial charge in [0.1, 0.15) is 6.29 Å². The topological polar surface area (TPSA) is 92.4 Å². The van der Waals surface area contributed by atoms with E-state index in [9.17, 15) is 9.59 Å². The minimum absolute atomic E-state index is 0.0343. The summed E-state index contributed by atoms with van der Waals surface area (Å²) < 4.78 is 0. The summed E-state index contributed by atoms with van der Waals surface area (Å²) in [4.78, 5) is 19.5. The molecule has 0 aromatic carbocycles. The van der Waals surface area contributed by atoms with Crippen LogP contribution in [-0.2, 0) is 9.59 Å². The Morgan fingerprint density at radius 2 is 2.44 bits per heavy atom. The van der Waals surface area contributed by atoms with Crippen molar-refractivity contribution in [3.63, 3.8) is 0 Å². The molecule has 0 aliphatic heterocycles. The van der Waals surface area contributed by atoms with Gasteiger partial charge < -0.3 is 15.6 Å². The molecule has 0 spiro atoms. The number of carboxylic acids is 1. The van der Waals surface area contributed by atoms with Gasteiger partial charge in [0.25, 0.3) is 0 Å². The smallest absolute Gasteiger partial charge is 0.335 e. The Bertz CT molecular complexity index is 114. The van der Waals surface area contributed by atoms with Crippen LogP contribution in [0.3, 0.4) is 0 Å². The number of aldehydes is 1. The Balaban J connectivity index is 3.37. The van der Waals surface area contributed by atoms with Crippen LogP contribution < -0.4 is 11.1 Å². The van der Waals surface area contributed by atoms with E-state index >= 15 is 0 Å². The van der Waals surface area contributed by atoms with Gasteiger partial charge in [0, 0.05) is 0 Å². The normalized spacial score (nSPS) is 12.6. The molecule has 0 aromatic rings. The lowest BCUT2D eigenvalue weighted by Gasteiger charge is -2.03. The molecule has 9 heavy (non-hydrogen) atoms. The van der Waals surface area contributed by atoms with Gasteiger partial charge in [-0.15, -0.1) is 0 Å². The van der Waals surface area contributed by atoms with Gasteiger partial charge >= 0.3 is 5.97 Å². The molecule has 0 saturated carbocycles. The van der Waals surface area contributed by atoms with E-state index in [1.54, 1.807) is 0 Å². The SMILES string of the molecule is NC(NCC=O)C(=O)O. The molecule has 1 atom stereocenters. The van der Waals surface area contributed by atoms with Gasteiger partial charge in [-0.1, -0.05) is 0 Å². The van der Waals surface area contributed by atoms with Crippen LogP contribution in [0.25, 0.3) is 0 Å². The predicted molar refractivity (Wildman–Crippen MR) is 29.7 cm³/mol. The minimum atomic E-state index is -1.17. The van der Waals surface area contributed by atoms with Crippen molar-refractivity contribution in [3.05, 3.63) is 0 Å². The number of carbonyl (C=O) groups excluding carboxylic acids is 1. The lowest BCUT2D eigenvalue weighted by atomic mass is 10.5. The van der Waals surface area contributed by atoms with E-state index < -0.39 is 12.1 Å². The maximum absolute atomic E-state index is 9.90. The molecule has 0 fully saturated rings. The molecule has 5 nitrogen and oxygen atoms in total. The fourth-order valence-electron chi connectivity index (χ4n) is 0.262. The third-order valence-corrected chi connectivity index (χ3v) is 0.687. The summed E-state index contributed by atoms with van der Waals surface area (Å²) in [6, 6.07) is 0. The number of rotatable bonds is 4. The van der Waals surface area contributed by atoms with Crippen molar-refractivity contribution in [2.24, 2.45) is 5.73 Å². The van der Waals surface area contributed by atoms with Crippen molar-refractivity contribution in [2.75, 3.05) is 6.54 Å². The van der Waals surface area contributed by atoms with Crippen LogP contribution in [0, 0.1) is 0 Å². The second-order valence-electron chi connectivity index (χ2n) is 1.39. The maximum atomic E-state index is 9.90. The van der Waals surface area contributed by atoms with Crippen molar-refractivity contribution in [1.82, 2.24) is 5.32 Å². The molecule has 0 bridgehead atoms. The lowest BCUT2D eigenvalue weighted by molar-refractivity contribution is -0.139. The van der Waals surface area contributed by atoms with E-state index in [-0.39, 0.29) is 6.54 Å². The Kier molecular flexibility index (Phi) is 3.57. The fraction of sp³-hybridized carbons (Fsp3) is 0.500. The zero-order valence-electron chi connectivity index (χ0n) is 4.70. The third-order valence-electron chi connectivity index (χ3n) is 0.687. The summed E-state index contributed by atoms with van der Waals surface area (Å²) in [6.45, 7) is -0.0343. The summed E-state index contributed by atoms with van der Waals surface area (Å²) in [7, 11) is 0. The molecule has 4 N–H and O–H groups in total. The molecule has 0 saturated heterocycles. The van der Waals surface area contributed by atoms with Crippen LogP contribution in [0.15, 0.2) is 0 Å². The van der Waals surface area contributed by atoms with E-state index in [0.717, 1.165) is 0 Å². The van der Waals surface area contributed by atoms with Crippen molar-refractivity contribution in [2.45, 2.75) is 6.17 Å². The Hall–Kier alpha value is -0.940. The molecule has 0 rings (SSSR count). The van der Waals surface area contributed by atoms with E-state index in [1.807, 2.05) is 0 Å². The Morgan fingerprint density at radius 3 is 2.78 bits per heavy atom. The van der Waals surface area contributed by atoms with Gasteiger partial charge in [-0.2, -0.15) is 0 Å². The van der Waals surface area contributed by atoms with Gasteiger partial charge in [0.2, 0.25) is 0 Å². The van der Waals surface area contributed by atoms with Gasteiger partial charge in [0.05, 0.1) is 6.54 Å². The fourth-order valence-corrected chi connectivity index (χ4v) is 0.262. The number of nitrogens with one attached hydrogen (secondary N) is 1. The van der Waals surface area contributed by atoms with Crippen LogP contribution >= 0.6 is 0 Å². The number of hydrogen-bond donors (Lipinski definition) is 3. The molecule has 52 valence electrons. The van der Waals surface area contributed by atoms with Gasteiger partial charge in [-0.05, 0) is 0 Å². The molecule has 0 aromatic heterocycles. The molecule has 0 amide bonds. The molecule has 5 heteroatoms. The zero-order valence-corrected chi connectivity index (χ0v) is 4.70. The molecule has 0 aliphatic rings. The summed E-state index contributed by atoms with van der Waals surface area (Å²) >= 11 is 0. The molecule has 0 aliphatic carbocycles. The first-order valence-electron chi connectivity index (χ1n) is 2.34. The van der Waals surface area contributed by atoms with Crippen LogP contribution in [0.5, 0.6) is 0 Å². The van der Waals surface area contributed by atoms with E-state index in [2.05, 4.69) is 5.32 Å². The highest BCUT2D eigenvalue weighted by Crippen LogP contribution is 1.67. The first kappa shape index (κ1) is 8.06. The second-order valence-corrected chi connectivity index (χ2v) is 1.39. The zero-order chi connectivity index (χ0) is 7.28. The van der Waals surface area contributed by atoms with Crippen molar-refractivity contribution < 1.29 is 14.7 Å².